The second-order valence-corrected chi connectivity index (χ2v) is 5.03. The van der Waals surface area contributed by atoms with Gasteiger partial charge in [0.25, 0.3) is 0 Å². The van der Waals surface area contributed by atoms with Crippen molar-refractivity contribution in [1.82, 2.24) is 4.90 Å². The average molecular weight is 215 g/mol. The molecule has 1 heterocycles. The van der Waals surface area contributed by atoms with Crippen molar-refractivity contribution < 1.29 is 9.59 Å². The number of imide groups is 1. The third-order valence-electron chi connectivity index (χ3n) is 2.47. The molecule has 4 heteroatoms. The van der Waals surface area contributed by atoms with Gasteiger partial charge in [0.15, 0.2) is 0 Å². The zero-order valence-electron chi connectivity index (χ0n) is 9.11. The highest BCUT2D eigenvalue weighted by Crippen LogP contribution is 2.29. The van der Waals surface area contributed by atoms with Gasteiger partial charge in [0, 0.05) is 12.3 Å². The van der Waals surface area contributed by atoms with Crippen LogP contribution in [0, 0.1) is 11.8 Å². The van der Waals surface area contributed by atoms with Gasteiger partial charge in [-0.15, -0.1) is 11.8 Å². The van der Waals surface area contributed by atoms with Crippen molar-refractivity contribution in [2.45, 2.75) is 32.6 Å². The van der Waals surface area contributed by atoms with Crippen LogP contribution in [0.3, 0.4) is 0 Å². The van der Waals surface area contributed by atoms with Crippen molar-refractivity contribution in [1.29, 1.82) is 0 Å². The first-order valence-electron chi connectivity index (χ1n) is 4.87. The number of rotatable bonds is 3. The highest BCUT2D eigenvalue weighted by atomic mass is 32.2. The van der Waals surface area contributed by atoms with Gasteiger partial charge in [-0.3, -0.25) is 14.5 Å². The first-order chi connectivity index (χ1) is 6.49. The van der Waals surface area contributed by atoms with Crippen molar-refractivity contribution >= 4 is 23.6 Å². The fraction of sp³-hybridized carbons (Fsp3) is 0.800. The SMILES string of the molecule is CSC(C(C)C)N1C(=O)CC(C)C1=O. The number of carbonyl (C=O) groups excluding carboxylic acids is 2. The van der Waals surface area contributed by atoms with E-state index in [0.717, 1.165) is 0 Å². The predicted octanol–water partition coefficient (Wildman–Crippen LogP) is 1.73. The second kappa shape index (κ2) is 4.34. The molecular formula is C10H17NO2S. The van der Waals surface area contributed by atoms with Gasteiger partial charge < -0.3 is 0 Å². The normalized spacial score (nSPS) is 24.9. The van der Waals surface area contributed by atoms with E-state index in [2.05, 4.69) is 0 Å². The molecule has 1 fully saturated rings. The van der Waals surface area contributed by atoms with Crippen LogP contribution in [0.4, 0.5) is 0 Å². The van der Waals surface area contributed by atoms with Gasteiger partial charge in [-0.25, -0.2) is 0 Å². The van der Waals surface area contributed by atoms with E-state index in [9.17, 15) is 9.59 Å². The molecule has 0 aromatic carbocycles. The molecule has 0 spiro atoms. The zero-order chi connectivity index (χ0) is 10.9. The van der Waals surface area contributed by atoms with Gasteiger partial charge >= 0.3 is 0 Å². The van der Waals surface area contributed by atoms with Crippen LogP contribution in [-0.2, 0) is 9.59 Å². The van der Waals surface area contributed by atoms with Crippen LogP contribution in [0.2, 0.25) is 0 Å². The molecule has 3 nitrogen and oxygen atoms in total. The molecule has 2 atom stereocenters. The predicted molar refractivity (Wildman–Crippen MR) is 57.8 cm³/mol. The molecule has 1 saturated heterocycles. The quantitative estimate of drug-likeness (QED) is 0.673. The van der Waals surface area contributed by atoms with E-state index >= 15 is 0 Å². The molecule has 1 aliphatic heterocycles. The van der Waals surface area contributed by atoms with Crippen LogP contribution in [-0.4, -0.2) is 28.3 Å². The summed E-state index contributed by atoms with van der Waals surface area (Å²) in [6, 6.07) is 0. The van der Waals surface area contributed by atoms with Crippen molar-refractivity contribution in [2.24, 2.45) is 11.8 Å². The van der Waals surface area contributed by atoms with E-state index in [0.29, 0.717) is 12.3 Å². The highest BCUT2D eigenvalue weighted by Gasteiger charge is 2.40. The molecule has 1 aliphatic rings. The molecule has 80 valence electrons. The molecule has 1 rings (SSSR count). The third-order valence-corrected chi connectivity index (χ3v) is 3.71. The van der Waals surface area contributed by atoms with Crippen LogP contribution in [0.1, 0.15) is 27.2 Å². The van der Waals surface area contributed by atoms with Crippen LogP contribution in [0.5, 0.6) is 0 Å². The number of amides is 2. The minimum Gasteiger partial charge on any atom is -0.274 e. The molecule has 14 heavy (non-hydrogen) atoms. The van der Waals surface area contributed by atoms with E-state index in [-0.39, 0.29) is 23.1 Å². The fourth-order valence-electron chi connectivity index (χ4n) is 1.75. The first-order valence-corrected chi connectivity index (χ1v) is 6.16. The van der Waals surface area contributed by atoms with E-state index in [1.165, 1.54) is 4.90 Å². The third kappa shape index (κ3) is 1.95. The van der Waals surface area contributed by atoms with Crippen LogP contribution >= 0.6 is 11.8 Å². The Morgan fingerprint density at radius 2 is 2.00 bits per heavy atom. The number of hydrogen-bond acceptors (Lipinski definition) is 3. The monoisotopic (exact) mass is 215 g/mol. The van der Waals surface area contributed by atoms with Crippen molar-refractivity contribution in [3.05, 3.63) is 0 Å². The summed E-state index contributed by atoms with van der Waals surface area (Å²) >= 11 is 1.57. The Labute approximate surface area is 89.2 Å². The van der Waals surface area contributed by atoms with Crippen molar-refractivity contribution in [3.8, 4) is 0 Å². The summed E-state index contributed by atoms with van der Waals surface area (Å²) < 4.78 is 0. The Hall–Kier alpha value is -0.510. The maximum Gasteiger partial charge on any atom is 0.233 e. The number of carbonyl (C=O) groups is 2. The van der Waals surface area contributed by atoms with Crippen molar-refractivity contribution in [2.75, 3.05) is 6.26 Å². The Morgan fingerprint density at radius 1 is 1.43 bits per heavy atom. The van der Waals surface area contributed by atoms with Gasteiger partial charge in [-0.1, -0.05) is 20.8 Å². The smallest absolute Gasteiger partial charge is 0.233 e. The first kappa shape index (κ1) is 11.6. The number of likely N-dealkylation sites (tertiary alicyclic amines) is 1. The minimum atomic E-state index is -0.129. The summed E-state index contributed by atoms with van der Waals surface area (Å²) in [5.74, 6) is 0.151. The standard InChI is InChI=1S/C10H17NO2S/c1-6(2)10(14-4)11-8(12)5-7(3)9(11)13/h6-7,10H,5H2,1-4H3. The molecule has 0 radical (unpaired) electrons. The molecule has 0 aliphatic carbocycles. The summed E-state index contributed by atoms with van der Waals surface area (Å²) in [7, 11) is 0. The summed E-state index contributed by atoms with van der Waals surface area (Å²) in [5.41, 5.74) is 0. The Morgan fingerprint density at radius 3 is 2.29 bits per heavy atom. The Bertz CT molecular complexity index is 253. The fourth-order valence-corrected chi connectivity index (χ4v) is 2.73. The molecule has 0 saturated carbocycles. The lowest BCUT2D eigenvalue weighted by molar-refractivity contribution is -0.140. The van der Waals surface area contributed by atoms with Gasteiger partial charge in [0.1, 0.15) is 0 Å². The van der Waals surface area contributed by atoms with Crippen LogP contribution in [0.25, 0.3) is 0 Å². The summed E-state index contributed by atoms with van der Waals surface area (Å²) in [5, 5.41) is -0.0000463. The molecular weight excluding hydrogens is 198 g/mol. The number of hydrogen-bond donors (Lipinski definition) is 0. The van der Waals surface area contributed by atoms with Gasteiger partial charge in [0.05, 0.1) is 5.37 Å². The second-order valence-electron chi connectivity index (χ2n) is 4.08. The Kier molecular flexibility index (Phi) is 3.59. The summed E-state index contributed by atoms with van der Waals surface area (Å²) in [6.45, 7) is 5.88. The Balaban J connectivity index is 2.85. The summed E-state index contributed by atoms with van der Waals surface area (Å²) in [4.78, 5) is 24.7. The van der Waals surface area contributed by atoms with E-state index < -0.39 is 0 Å². The summed E-state index contributed by atoms with van der Waals surface area (Å²) in [6.07, 6.45) is 2.32. The molecule has 2 amide bonds. The van der Waals surface area contributed by atoms with Gasteiger partial charge in [-0.05, 0) is 12.2 Å². The van der Waals surface area contributed by atoms with Crippen LogP contribution in [0.15, 0.2) is 0 Å². The highest BCUT2D eigenvalue weighted by molar-refractivity contribution is 7.99. The zero-order valence-corrected chi connectivity index (χ0v) is 9.93. The lowest BCUT2D eigenvalue weighted by Crippen LogP contribution is -2.41. The van der Waals surface area contributed by atoms with E-state index in [1.54, 1.807) is 11.8 Å². The molecule has 0 N–H and O–H groups in total. The molecule has 0 aromatic heterocycles. The maximum absolute atomic E-state index is 11.7. The van der Waals surface area contributed by atoms with E-state index in [4.69, 9.17) is 0 Å². The van der Waals surface area contributed by atoms with Crippen molar-refractivity contribution in [3.63, 3.8) is 0 Å². The lowest BCUT2D eigenvalue weighted by atomic mass is 10.1. The largest absolute Gasteiger partial charge is 0.274 e. The topological polar surface area (TPSA) is 37.4 Å². The maximum atomic E-state index is 11.7. The van der Waals surface area contributed by atoms with E-state index in [1.807, 2.05) is 27.0 Å². The van der Waals surface area contributed by atoms with Crippen LogP contribution < -0.4 is 0 Å². The average Bonchev–Trinajstić information content (AvgIpc) is 2.32. The lowest BCUT2D eigenvalue weighted by Gasteiger charge is -2.27. The molecule has 0 aromatic rings. The molecule has 0 bridgehead atoms. The molecule has 2 unspecified atom stereocenters. The van der Waals surface area contributed by atoms with Gasteiger partial charge in [0.2, 0.25) is 11.8 Å². The minimum absolute atomic E-state index is 0.0000463. The number of nitrogens with zero attached hydrogens (tertiary/aromatic N) is 1. The number of thioether (sulfide) groups is 1. The van der Waals surface area contributed by atoms with Gasteiger partial charge in [-0.2, -0.15) is 0 Å².